The molecule has 1 aliphatic carbocycles. The molecule has 0 saturated heterocycles. The highest BCUT2D eigenvalue weighted by atomic mass is 16.5. The topological polar surface area (TPSA) is 172 Å². The van der Waals surface area contributed by atoms with Crippen LogP contribution in [0.2, 0.25) is 0 Å². The van der Waals surface area contributed by atoms with Crippen molar-refractivity contribution in [3.05, 3.63) is 93.9 Å². The molecule has 0 fully saturated rings. The van der Waals surface area contributed by atoms with Crippen molar-refractivity contribution in [3.63, 3.8) is 0 Å². The summed E-state index contributed by atoms with van der Waals surface area (Å²) in [5.41, 5.74) is 3.18. The first kappa shape index (κ1) is 26.4. The zero-order chi connectivity index (χ0) is 28.6. The maximum atomic E-state index is 13.5. The summed E-state index contributed by atoms with van der Waals surface area (Å²) in [6.45, 7) is 1.76. The third kappa shape index (κ3) is 4.82. The summed E-state index contributed by atoms with van der Waals surface area (Å²) < 4.78 is 6.14. The van der Waals surface area contributed by atoms with Gasteiger partial charge in [-0.2, -0.15) is 5.10 Å². The van der Waals surface area contributed by atoms with E-state index in [9.17, 15) is 29.4 Å². The molecule has 2 heterocycles. The quantitative estimate of drug-likeness (QED) is 0.256. The van der Waals surface area contributed by atoms with E-state index in [4.69, 9.17) is 4.74 Å². The maximum absolute atomic E-state index is 13.5. The number of rotatable bonds is 7. The highest BCUT2D eigenvalue weighted by Crippen LogP contribution is 2.35. The number of carbonyl (C=O) groups is 4. The van der Waals surface area contributed by atoms with Crippen molar-refractivity contribution in [2.75, 3.05) is 7.11 Å². The second kappa shape index (κ2) is 10.5. The monoisotopic (exact) mass is 543 g/mol. The van der Waals surface area contributed by atoms with Gasteiger partial charge in [0.15, 0.2) is 11.7 Å². The zero-order valence-corrected chi connectivity index (χ0v) is 21.5. The van der Waals surface area contributed by atoms with Crippen molar-refractivity contribution in [2.45, 2.75) is 31.8 Å². The normalized spacial score (nSPS) is 14.8. The Morgan fingerprint density at radius 1 is 1.07 bits per heavy atom. The summed E-state index contributed by atoms with van der Waals surface area (Å²) in [4.78, 5) is 55.0. The van der Waals surface area contributed by atoms with Gasteiger partial charge >= 0.3 is 11.9 Å². The molecule has 4 N–H and O–H groups in total. The van der Waals surface area contributed by atoms with Gasteiger partial charge in [0.2, 0.25) is 0 Å². The Morgan fingerprint density at radius 3 is 2.52 bits per heavy atom. The van der Waals surface area contributed by atoms with Gasteiger partial charge in [0.05, 0.1) is 24.9 Å². The number of phenolic OH excluding ortho intramolecular Hbond substituents is 1. The van der Waals surface area contributed by atoms with Gasteiger partial charge in [-0.05, 0) is 60.2 Å². The van der Waals surface area contributed by atoms with Crippen molar-refractivity contribution in [1.29, 1.82) is 0 Å². The molecule has 2 atom stereocenters. The lowest BCUT2D eigenvalue weighted by Gasteiger charge is -2.18. The molecule has 12 heteroatoms. The van der Waals surface area contributed by atoms with E-state index in [0.717, 1.165) is 11.1 Å². The largest absolute Gasteiger partial charge is 0.508 e. The molecule has 5 rings (SSSR count). The molecule has 4 aromatic rings. The highest BCUT2D eigenvalue weighted by Gasteiger charge is 2.30. The number of hydrogen-bond donors (Lipinski definition) is 4. The summed E-state index contributed by atoms with van der Waals surface area (Å²) in [7, 11) is 1.19. The third-order valence-electron chi connectivity index (χ3n) is 6.99. The van der Waals surface area contributed by atoms with Crippen LogP contribution in [0.3, 0.4) is 0 Å². The molecule has 204 valence electrons. The minimum atomic E-state index is -1.19. The fourth-order valence-corrected chi connectivity index (χ4v) is 4.95. The third-order valence-corrected chi connectivity index (χ3v) is 6.99. The molecule has 1 unspecified atom stereocenters. The number of benzene rings is 2. The molecule has 0 saturated carbocycles. The van der Waals surface area contributed by atoms with Gasteiger partial charge in [-0.1, -0.05) is 18.2 Å². The van der Waals surface area contributed by atoms with Crippen LogP contribution in [0.15, 0.2) is 54.7 Å². The van der Waals surface area contributed by atoms with Crippen molar-refractivity contribution < 1.29 is 34.1 Å². The van der Waals surface area contributed by atoms with E-state index in [1.807, 2.05) is 0 Å². The lowest BCUT2D eigenvalue weighted by atomic mass is 9.98. The number of hydrogen-bond acceptors (Lipinski definition) is 8. The Labute approximate surface area is 227 Å². The van der Waals surface area contributed by atoms with Gasteiger partial charge in [-0.15, -0.1) is 0 Å². The van der Waals surface area contributed by atoms with Crippen molar-refractivity contribution in [1.82, 2.24) is 25.2 Å². The van der Waals surface area contributed by atoms with Crippen LogP contribution >= 0.6 is 0 Å². The van der Waals surface area contributed by atoms with Crippen molar-refractivity contribution >= 4 is 29.4 Å². The van der Waals surface area contributed by atoms with Crippen molar-refractivity contribution in [3.8, 4) is 5.75 Å². The van der Waals surface area contributed by atoms with E-state index in [1.165, 1.54) is 60.3 Å². The van der Waals surface area contributed by atoms with Gasteiger partial charge in [-0.25, -0.2) is 19.1 Å². The SMILES string of the molecule is COC(=O)C(NC(=O)c1cc(C(=O)N[C@H]2CCc3c2ccc(C(=O)O)c3C)n2nccc2n1)c1ccc(O)cc1. The van der Waals surface area contributed by atoms with E-state index < -0.39 is 29.8 Å². The van der Waals surface area contributed by atoms with Crippen LogP contribution in [0.4, 0.5) is 0 Å². The van der Waals surface area contributed by atoms with E-state index in [1.54, 1.807) is 13.0 Å². The predicted molar refractivity (Wildman–Crippen MR) is 140 cm³/mol. The molecule has 0 bridgehead atoms. The second-order valence-electron chi connectivity index (χ2n) is 9.32. The van der Waals surface area contributed by atoms with Crippen molar-refractivity contribution in [2.24, 2.45) is 0 Å². The van der Waals surface area contributed by atoms with Gasteiger partial charge in [0, 0.05) is 12.1 Å². The maximum Gasteiger partial charge on any atom is 0.335 e. The molecule has 40 heavy (non-hydrogen) atoms. The first-order valence-corrected chi connectivity index (χ1v) is 12.4. The minimum Gasteiger partial charge on any atom is -0.508 e. The van der Waals surface area contributed by atoms with Gasteiger partial charge < -0.3 is 25.6 Å². The molecule has 12 nitrogen and oxygen atoms in total. The van der Waals surface area contributed by atoms with Crippen LogP contribution in [-0.2, 0) is 16.0 Å². The van der Waals surface area contributed by atoms with E-state index in [0.29, 0.717) is 24.0 Å². The standard InChI is InChI=1S/C28H25N5O7/c1-14-17-9-10-20(19(17)8-7-18(14)27(37)38)31-26(36)22-13-21(30-23-11-12-29-33(22)23)25(35)32-24(28(39)40-2)15-3-5-16(34)6-4-15/h3-8,11-13,20,24,34H,9-10H2,1-2H3,(H,31,36)(H,32,35)(H,37,38)/t20-,24?/m0/s1. The Hall–Kier alpha value is -5.26. The zero-order valence-electron chi connectivity index (χ0n) is 21.5. The van der Waals surface area contributed by atoms with E-state index >= 15 is 0 Å². The number of ether oxygens (including phenoxy) is 1. The molecule has 2 aromatic carbocycles. The van der Waals surface area contributed by atoms with Gasteiger partial charge in [0.25, 0.3) is 11.8 Å². The van der Waals surface area contributed by atoms with Crippen LogP contribution < -0.4 is 10.6 Å². The summed E-state index contributed by atoms with van der Waals surface area (Å²) in [5, 5.41) is 28.7. The molecule has 2 amide bonds. The van der Waals surface area contributed by atoms with E-state index in [2.05, 4.69) is 20.7 Å². The summed E-state index contributed by atoms with van der Waals surface area (Å²) >= 11 is 0. The fraction of sp³-hybridized carbons (Fsp3) is 0.214. The number of carbonyl (C=O) groups excluding carboxylic acids is 3. The van der Waals surface area contributed by atoms with Crippen LogP contribution in [-0.4, -0.2) is 55.7 Å². The number of phenols is 1. The predicted octanol–water partition coefficient (Wildman–Crippen LogP) is 2.50. The number of aromatic carboxylic acids is 1. The average molecular weight is 544 g/mol. The molecule has 0 radical (unpaired) electrons. The Balaban J connectivity index is 1.43. The Morgan fingerprint density at radius 2 is 1.82 bits per heavy atom. The molecule has 2 aromatic heterocycles. The van der Waals surface area contributed by atoms with Gasteiger partial charge in [0.1, 0.15) is 17.1 Å². The fourth-order valence-electron chi connectivity index (χ4n) is 4.95. The average Bonchev–Trinajstić information content (AvgIpc) is 3.58. The van der Waals surface area contributed by atoms with Crippen LogP contribution in [0.1, 0.15) is 72.1 Å². The number of carboxylic acids is 1. The molecule has 0 aliphatic heterocycles. The number of carboxylic acid groups (broad SMARTS) is 1. The first-order chi connectivity index (χ1) is 19.2. The summed E-state index contributed by atoms with van der Waals surface area (Å²) in [6.07, 6.45) is 2.63. The number of nitrogens with zero attached hydrogens (tertiary/aromatic N) is 3. The molecule has 0 spiro atoms. The van der Waals surface area contributed by atoms with Gasteiger partial charge in [-0.3, -0.25) is 9.59 Å². The highest BCUT2D eigenvalue weighted by molar-refractivity contribution is 6.00. The van der Waals surface area contributed by atoms with Crippen LogP contribution in [0.25, 0.3) is 5.65 Å². The number of aromatic nitrogens is 3. The Bertz CT molecular complexity index is 1660. The number of amides is 2. The van der Waals surface area contributed by atoms with Crippen LogP contribution in [0.5, 0.6) is 5.75 Å². The Kier molecular flexibility index (Phi) is 6.91. The second-order valence-corrected chi connectivity index (χ2v) is 9.32. The lowest BCUT2D eigenvalue weighted by Crippen LogP contribution is -2.35. The number of fused-ring (bicyclic) bond motifs is 2. The smallest absolute Gasteiger partial charge is 0.335 e. The number of esters is 1. The summed E-state index contributed by atoms with van der Waals surface area (Å²) in [5.74, 6) is -2.99. The van der Waals surface area contributed by atoms with Crippen LogP contribution in [0, 0.1) is 6.92 Å². The number of nitrogens with one attached hydrogen (secondary N) is 2. The number of methoxy groups -OCH3 is 1. The molecule has 1 aliphatic rings. The van der Waals surface area contributed by atoms with E-state index in [-0.39, 0.29) is 34.4 Å². The minimum absolute atomic E-state index is 0.00966. The molecular weight excluding hydrogens is 518 g/mol. The molecular formula is C28H25N5O7. The first-order valence-electron chi connectivity index (χ1n) is 12.4. The lowest BCUT2D eigenvalue weighted by molar-refractivity contribution is -0.143. The number of aromatic hydroxyl groups is 1. The summed E-state index contributed by atoms with van der Waals surface area (Å²) in [6, 6.07) is 10.2.